The van der Waals surface area contributed by atoms with Gasteiger partial charge in [-0.1, -0.05) is 0 Å². The number of carbonyl (C=O) groups excluding carboxylic acids is 2. The van der Waals surface area contributed by atoms with Gasteiger partial charge in [-0.3, -0.25) is 9.59 Å². The molecule has 1 rings (SSSR count). The van der Waals surface area contributed by atoms with Gasteiger partial charge in [0.2, 0.25) is 5.91 Å². The van der Waals surface area contributed by atoms with E-state index in [1.165, 1.54) is 4.90 Å². The highest BCUT2D eigenvalue weighted by Crippen LogP contribution is 2.21. The zero-order valence-corrected chi connectivity index (χ0v) is 13.1. The minimum Gasteiger partial charge on any atom is -0.342 e. The van der Waals surface area contributed by atoms with Crippen molar-refractivity contribution in [2.24, 2.45) is 0 Å². The monoisotopic (exact) mass is 282 g/mol. The standard InChI is InChI=1S/C14H22N2O2S/c1-6-16(7-2)13(17)9-15(5)14(18)12-8-10(3)19-11(12)4/h8H,6-7,9H2,1-5H3. The van der Waals surface area contributed by atoms with Crippen molar-refractivity contribution in [3.05, 3.63) is 21.4 Å². The minimum absolute atomic E-state index is 0.00884. The molecule has 4 nitrogen and oxygen atoms in total. The fourth-order valence-corrected chi connectivity index (χ4v) is 2.92. The van der Waals surface area contributed by atoms with E-state index in [-0.39, 0.29) is 18.4 Å². The summed E-state index contributed by atoms with van der Waals surface area (Å²) < 4.78 is 0. The summed E-state index contributed by atoms with van der Waals surface area (Å²) in [6, 6.07) is 1.89. The number of thiophene rings is 1. The number of rotatable bonds is 5. The van der Waals surface area contributed by atoms with Crippen molar-refractivity contribution in [2.45, 2.75) is 27.7 Å². The highest BCUT2D eigenvalue weighted by molar-refractivity contribution is 7.12. The van der Waals surface area contributed by atoms with Gasteiger partial charge in [-0.2, -0.15) is 0 Å². The van der Waals surface area contributed by atoms with Crippen molar-refractivity contribution in [3.8, 4) is 0 Å². The molecule has 0 unspecified atom stereocenters. The van der Waals surface area contributed by atoms with Crippen LogP contribution in [0.3, 0.4) is 0 Å². The lowest BCUT2D eigenvalue weighted by molar-refractivity contribution is -0.131. The molecule has 0 radical (unpaired) electrons. The molecule has 0 aliphatic heterocycles. The molecule has 0 saturated heterocycles. The maximum atomic E-state index is 12.3. The van der Waals surface area contributed by atoms with Crippen LogP contribution in [0.4, 0.5) is 0 Å². The predicted molar refractivity (Wildman–Crippen MR) is 78.7 cm³/mol. The molecule has 2 amide bonds. The fourth-order valence-electron chi connectivity index (χ4n) is 2.00. The first kappa shape index (κ1) is 15.7. The van der Waals surface area contributed by atoms with Crippen LogP contribution in [0, 0.1) is 13.8 Å². The number of amides is 2. The Kier molecular flexibility index (Phi) is 5.54. The first-order valence-electron chi connectivity index (χ1n) is 6.50. The average Bonchev–Trinajstić information content (AvgIpc) is 2.68. The average molecular weight is 282 g/mol. The van der Waals surface area contributed by atoms with Crippen LogP contribution in [0.1, 0.15) is 34.0 Å². The van der Waals surface area contributed by atoms with Crippen LogP contribution in [0.25, 0.3) is 0 Å². The lowest BCUT2D eigenvalue weighted by Gasteiger charge is -2.23. The first-order chi connectivity index (χ1) is 8.90. The lowest BCUT2D eigenvalue weighted by Crippen LogP contribution is -2.41. The molecule has 0 aliphatic carbocycles. The summed E-state index contributed by atoms with van der Waals surface area (Å²) in [5.41, 5.74) is 0.706. The van der Waals surface area contributed by atoms with Crippen LogP contribution < -0.4 is 0 Å². The number of nitrogens with zero attached hydrogens (tertiary/aromatic N) is 2. The third-order valence-corrected chi connectivity index (χ3v) is 4.07. The molecule has 1 aromatic heterocycles. The SMILES string of the molecule is CCN(CC)C(=O)CN(C)C(=O)c1cc(C)sc1C. The normalized spacial score (nSPS) is 10.4. The highest BCUT2D eigenvalue weighted by Gasteiger charge is 2.20. The topological polar surface area (TPSA) is 40.6 Å². The van der Waals surface area contributed by atoms with E-state index < -0.39 is 0 Å². The second kappa shape index (κ2) is 6.70. The van der Waals surface area contributed by atoms with E-state index in [0.29, 0.717) is 18.7 Å². The Labute approximate surface area is 119 Å². The predicted octanol–water partition coefficient (Wildman–Crippen LogP) is 2.31. The summed E-state index contributed by atoms with van der Waals surface area (Å²) >= 11 is 1.61. The number of aryl methyl sites for hydroxylation is 2. The molecule has 5 heteroatoms. The van der Waals surface area contributed by atoms with Crippen molar-refractivity contribution in [2.75, 3.05) is 26.7 Å². The van der Waals surface area contributed by atoms with E-state index in [9.17, 15) is 9.59 Å². The van der Waals surface area contributed by atoms with Crippen molar-refractivity contribution in [1.82, 2.24) is 9.80 Å². The van der Waals surface area contributed by atoms with E-state index in [0.717, 1.165) is 9.75 Å². The summed E-state index contributed by atoms with van der Waals surface area (Å²) in [7, 11) is 1.68. The molecule has 0 spiro atoms. The summed E-state index contributed by atoms with van der Waals surface area (Å²) in [6.45, 7) is 9.28. The van der Waals surface area contributed by atoms with Gasteiger partial charge < -0.3 is 9.80 Å². The Morgan fingerprint density at radius 3 is 2.21 bits per heavy atom. The van der Waals surface area contributed by atoms with Crippen molar-refractivity contribution in [1.29, 1.82) is 0 Å². The Balaban J connectivity index is 2.73. The van der Waals surface area contributed by atoms with Crippen LogP contribution in [-0.4, -0.2) is 48.3 Å². The lowest BCUT2D eigenvalue weighted by atomic mass is 10.2. The zero-order valence-electron chi connectivity index (χ0n) is 12.3. The number of hydrogen-bond acceptors (Lipinski definition) is 3. The van der Waals surface area contributed by atoms with E-state index in [4.69, 9.17) is 0 Å². The fraction of sp³-hybridized carbons (Fsp3) is 0.571. The smallest absolute Gasteiger partial charge is 0.255 e. The van der Waals surface area contributed by atoms with Gasteiger partial charge in [0.05, 0.1) is 12.1 Å². The van der Waals surface area contributed by atoms with Gasteiger partial charge in [0.15, 0.2) is 0 Å². The molecule has 1 aromatic rings. The van der Waals surface area contributed by atoms with Gasteiger partial charge in [-0.05, 0) is 33.8 Å². The molecule has 0 bridgehead atoms. The molecule has 0 fully saturated rings. The third-order valence-electron chi connectivity index (χ3n) is 3.11. The van der Waals surface area contributed by atoms with E-state index in [2.05, 4.69) is 0 Å². The van der Waals surface area contributed by atoms with E-state index in [1.54, 1.807) is 23.3 Å². The van der Waals surface area contributed by atoms with E-state index in [1.807, 2.05) is 33.8 Å². The third kappa shape index (κ3) is 3.80. The Bertz CT molecular complexity index is 464. The second-order valence-corrected chi connectivity index (χ2v) is 6.01. The molecule has 106 valence electrons. The number of likely N-dealkylation sites (N-methyl/N-ethyl adjacent to an activating group) is 2. The van der Waals surface area contributed by atoms with Crippen LogP contribution in [0.15, 0.2) is 6.07 Å². The van der Waals surface area contributed by atoms with Crippen molar-refractivity contribution >= 4 is 23.2 Å². The second-order valence-electron chi connectivity index (χ2n) is 4.55. The van der Waals surface area contributed by atoms with Crippen LogP contribution >= 0.6 is 11.3 Å². The van der Waals surface area contributed by atoms with Gasteiger partial charge in [-0.15, -0.1) is 11.3 Å². The Hall–Kier alpha value is -1.36. The Morgan fingerprint density at radius 1 is 1.21 bits per heavy atom. The largest absolute Gasteiger partial charge is 0.342 e. The van der Waals surface area contributed by atoms with Crippen LogP contribution in [0.5, 0.6) is 0 Å². The molecule has 0 N–H and O–H groups in total. The Morgan fingerprint density at radius 2 is 1.79 bits per heavy atom. The van der Waals surface area contributed by atoms with Crippen molar-refractivity contribution < 1.29 is 9.59 Å². The quantitative estimate of drug-likeness (QED) is 0.831. The van der Waals surface area contributed by atoms with Gasteiger partial charge in [0.25, 0.3) is 5.91 Å². The summed E-state index contributed by atoms with van der Waals surface area (Å²) in [5.74, 6) is -0.0900. The highest BCUT2D eigenvalue weighted by atomic mass is 32.1. The van der Waals surface area contributed by atoms with Gasteiger partial charge in [0.1, 0.15) is 0 Å². The summed E-state index contributed by atoms with van der Waals surface area (Å²) in [5, 5.41) is 0. The number of carbonyl (C=O) groups is 2. The van der Waals surface area contributed by atoms with Crippen LogP contribution in [0.2, 0.25) is 0 Å². The first-order valence-corrected chi connectivity index (χ1v) is 7.32. The maximum absolute atomic E-state index is 12.3. The maximum Gasteiger partial charge on any atom is 0.255 e. The molecule has 0 atom stereocenters. The zero-order chi connectivity index (χ0) is 14.6. The molecule has 0 aromatic carbocycles. The van der Waals surface area contributed by atoms with E-state index >= 15 is 0 Å². The molecular formula is C14H22N2O2S. The number of hydrogen-bond donors (Lipinski definition) is 0. The molecule has 0 aliphatic rings. The molecule has 0 saturated carbocycles. The molecule has 19 heavy (non-hydrogen) atoms. The van der Waals surface area contributed by atoms with Gasteiger partial charge in [-0.25, -0.2) is 0 Å². The van der Waals surface area contributed by atoms with Crippen molar-refractivity contribution in [3.63, 3.8) is 0 Å². The molecule has 1 heterocycles. The summed E-state index contributed by atoms with van der Waals surface area (Å²) in [4.78, 5) is 29.6. The molecular weight excluding hydrogens is 260 g/mol. The van der Waals surface area contributed by atoms with Gasteiger partial charge in [0, 0.05) is 29.9 Å². The van der Waals surface area contributed by atoms with Crippen LogP contribution in [-0.2, 0) is 4.79 Å². The minimum atomic E-state index is -0.0812. The summed E-state index contributed by atoms with van der Waals surface area (Å²) in [6.07, 6.45) is 0. The van der Waals surface area contributed by atoms with Gasteiger partial charge >= 0.3 is 0 Å².